The van der Waals surface area contributed by atoms with E-state index in [1.54, 1.807) is 0 Å². The van der Waals surface area contributed by atoms with Gasteiger partial charge in [0.2, 0.25) is 0 Å². The summed E-state index contributed by atoms with van der Waals surface area (Å²) in [6.07, 6.45) is -2.70. The highest BCUT2D eigenvalue weighted by molar-refractivity contribution is 6.43. The van der Waals surface area contributed by atoms with Gasteiger partial charge in [-0.3, -0.25) is 0 Å². The maximum absolute atomic E-state index is 15.3. The average molecular weight is 541 g/mol. The van der Waals surface area contributed by atoms with Crippen molar-refractivity contribution in [1.82, 2.24) is 0 Å². The molecular weight excluding hydrogens is 516 g/mol. The van der Waals surface area contributed by atoms with Gasteiger partial charge in [0.15, 0.2) is 12.3 Å². The van der Waals surface area contributed by atoms with Crippen LogP contribution in [0, 0.1) is 0 Å². The van der Waals surface area contributed by atoms with Crippen molar-refractivity contribution in [3.05, 3.63) is 99.0 Å². The lowest BCUT2D eigenvalue weighted by molar-refractivity contribution is -0.0873. The van der Waals surface area contributed by atoms with Crippen molar-refractivity contribution in [2.24, 2.45) is 5.16 Å². The number of benzene rings is 3. The maximum atomic E-state index is 15.3. The molecule has 0 bridgehead atoms. The van der Waals surface area contributed by atoms with Crippen molar-refractivity contribution in [3.8, 4) is 5.75 Å². The van der Waals surface area contributed by atoms with Crippen LogP contribution in [0.5, 0.6) is 5.75 Å². The van der Waals surface area contributed by atoms with Crippen molar-refractivity contribution in [2.45, 2.75) is 31.6 Å². The Kier molecular flexibility index (Phi) is 11.1. The SMILES string of the molecule is CON=C[C@H](F)[C@H](OCc1ccccc1)[C@@H](COCc1ccccc1)Oc1cc(Cl)c(Cl)cc1Cl. The molecule has 0 amide bonds. The molecule has 0 fully saturated rings. The quantitative estimate of drug-likeness (QED) is 0.131. The summed E-state index contributed by atoms with van der Waals surface area (Å²) in [6, 6.07) is 21.9. The van der Waals surface area contributed by atoms with Gasteiger partial charge in [0.25, 0.3) is 0 Å². The van der Waals surface area contributed by atoms with Gasteiger partial charge in [-0.2, -0.15) is 0 Å². The van der Waals surface area contributed by atoms with Crippen LogP contribution in [0.25, 0.3) is 0 Å². The van der Waals surface area contributed by atoms with Crippen LogP contribution >= 0.6 is 34.8 Å². The molecule has 3 rings (SSSR count). The first-order valence-corrected chi connectivity index (χ1v) is 11.9. The Balaban J connectivity index is 1.85. The van der Waals surface area contributed by atoms with Crippen LogP contribution < -0.4 is 4.74 Å². The molecule has 0 aliphatic carbocycles. The molecule has 0 aromatic heterocycles. The molecule has 0 saturated carbocycles. The summed E-state index contributed by atoms with van der Waals surface area (Å²) in [6.45, 7) is 0.427. The monoisotopic (exact) mass is 539 g/mol. The molecule has 0 unspecified atom stereocenters. The molecule has 0 radical (unpaired) electrons. The zero-order valence-electron chi connectivity index (χ0n) is 19.0. The molecular formula is C26H25Cl3FNO4. The topological polar surface area (TPSA) is 49.3 Å². The summed E-state index contributed by atoms with van der Waals surface area (Å²) in [4.78, 5) is 4.66. The molecule has 0 N–H and O–H groups in total. The molecule has 3 aromatic rings. The summed E-state index contributed by atoms with van der Waals surface area (Å²) < 4.78 is 33.3. The highest BCUT2D eigenvalue weighted by atomic mass is 35.5. The van der Waals surface area contributed by atoms with Gasteiger partial charge in [0.1, 0.15) is 19.0 Å². The van der Waals surface area contributed by atoms with Gasteiger partial charge >= 0.3 is 0 Å². The third-order valence-electron chi connectivity index (χ3n) is 4.92. The number of oxime groups is 1. The van der Waals surface area contributed by atoms with E-state index in [2.05, 4.69) is 9.99 Å². The number of hydrogen-bond donors (Lipinski definition) is 0. The lowest BCUT2D eigenvalue weighted by atomic mass is 10.1. The first-order chi connectivity index (χ1) is 17.0. The molecule has 9 heteroatoms. The average Bonchev–Trinajstić information content (AvgIpc) is 2.87. The van der Waals surface area contributed by atoms with Crippen LogP contribution in [0.4, 0.5) is 4.39 Å². The highest BCUT2D eigenvalue weighted by Crippen LogP contribution is 2.35. The van der Waals surface area contributed by atoms with E-state index in [1.165, 1.54) is 19.2 Å². The minimum absolute atomic E-state index is 0.00777. The Morgan fingerprint density at radius 2 is 1.46 bits per heavy atom. The summed E-state index contributed by atoms with van der Waals surface area (Å²) in [7, 11) is 1.33. The Hall–Kier alpha value is -2.35. The maximum Gasteiger partial charge on any atom is 0.168 e. The summed E-state index contributed by atoms with van der Waals surface area (Å²) >= 11 is 18.5. The van der Waals surface area contributed by atoms with E-state index in [9.17, 15) is 0 Å². The third-order valence-corrected chi connectivity index (χ3v) is 5.94. The predicted molar refractivity (Wildman–Crippen MR) is 137 cm³/mol. The van der Waals surface area contributed by atoms with Crippen LogP contribution in [-0.2, 0) is 27.5 Å². The Morgan fingerprint density at radius 3 is 2.09 bits per heavy atom. The second kappa shape index (κ2) is 14.3. The van der Waals surface area contributed by atoms with Crippen molar-refractivity contribution >= 4 is 41.0 Å². The normalized spacial score (nSPS) is 14.0. The second-order valence-electron chi connectivity index (χ2n) is 7.50. The van der Waals surface area contributed by atoms with Crippen molar-refractivity contribution < 1.29 is 23.4 Å². The van der Waals surface area contributed by atoms with Crippen molar-refractivity contribution in [2.75, 3.05) is 13.7 Å². The minimum atomic E-state index is -1.68. The van der Waals surface area contributed by atoms with Crippen molar-refractivity contribution in [1.29, 1.82) is 0 Å². The number of rotatable bonds is 13. The molecule has 0 saturated heterocycles. The van der Waals surface area contributed by atoms with E-state index < -0.39 is 18.4 Å². The van der Waals surface area contributed by atoms with Gasteiger partial charge in [-0.05, 0) is 17.2 Å². The van der Waals surface area contributed by atoms with Crippen LogP contribution in [0.2, 0.25) is 15.1 Å². The van der Waals surface area contributed by atoms with Gasteiger partial charge in [0.05, 0.1) is 41.1 Å². The van der Waals surface area contributed by atoms with E-state index in [0.717, 1.165) is 17.3 Å². The lowest BCUT2D eigenvalue weighted by Gasteiger charge is -2.29. The van der Waals surface area contributed by atoms with Gasteiger partial charge in [-0.15, -0.1) is 0 Å². The number of halogens is 4. The zero-order valence-corrected chi connectivity index (χ0v) is 21.2. The molecule has 3 aromatic carbocycles. The van der Waals surface area contributed by atoms with Crippen molar-refractivity contribution in [3.63, 3.8) is 0 Å². The van der Waals surface area contributed by atoms with Crippen LogP contribution in [0.15, 0.2) is 78.0 Å². The first kappa shape index (κ1) is 27.2. The number of hydrogen-bond acceptors (Lipinski definition) is 5. The van der Waals surface area contributed by atoms with Crippen LogP contribution in [-0.4, -0.2) is 38.3 Å². The molecule has 0 aliphatic heterocycles. The van der Waals surface area contributed by atoms with E-state index in [1.807, 2.05) is 60.7 Å². The smallest absolute Gasteiger partial charge is 0.168 e. The standard InChI is InChI=1S/C26H25Cl3FNO4/c1-32-31-14-23(30)26(34-16-19-10-6-3-7-11-19)25(17-33-15-18-8-4-2-5-9-18)35-24-13-21(28)20(27)12-22(24)29/h2-14,23,25-26H,15-17H2,1H3/t23-,25+,26-/m0/s1. The molecule has 35 heavy (non-hydrogen) atoms. The molecule has 0 spiro atoms. The van der Waals surface area contributed by atoms with E-state index in [0.29, 0.717) is 6.61 Å². The third kappa shape index (κ3) is 8.67. The summed E-state index contributed by atoms with van der Waals surface area (Å²) in [5, 5.41) is 4.30. The fourth-order valence-electron chi connectivity index (χ4n) is 3.20. The largest absolute Gasteiger partial charge is 0.484 e. The lowest BCUT2D eigenvalue weighted by Crippen LogP contribution is -2.44. The fraction of sp³-hybridized carbons (Fsp3) is 0.269. The predicted octanol–water partition coefficient (Wildman–Crippen LogP) is 7.17. The Morgan fingerprint density at radius 1 is 0.857 bits per heavy atom. The molecule has 186 valence electrons. The Bertz CT molecular complexity index is 1070. The van der Waals surface area contributed by atoms with Crippen LogP contribution in [0.1, 0.15) is 11.1 Å². The van der Waals surface area contributed by atoms with Gasteiger partial charge in [0, 0.05) is 6.07 Å². The fourth-order valence-corrected chi connectivity index (χ4v) is 3.78. The van der Waals surface area contributed by atoms with Crippen LogP contribution in [0.3, 0.4) is 0 Å². The molecule has 3 atom stereocenters. The number of alkyl halides is 1. The first-order valence-electron chi connectivity index (χ1n) is 10.8. The summed E-state index contributed by atoms with van der Waals surface area (Å²) in [5.74, 6) is 0.221. The van der Waals surface area contributed by atoms with Gasteiger partial charge in [-0.25, -0.2) is 4.39 Å². The number of nitrogens with zero attached hydrogens (tertiary/aromatic N) is 1. The highest BCUT2D eigenvalue weighted by Gasteiger charge is 2.33. The Labute approximate surface area is 219 Å². The molecule has 0 aliphatic rings. The number of ether oxygens (including phenoxy) is 3. The van der Waals surface area contributed by atoms with E-state index in [4.69, 9.17) is 49.0 Å². The molecule has 5 nitrogen and oxygen atoms in total. The summed E-state index contributed by atoms with van der Waals surface area (Å²) in [5.41, 5.74) is 1.82. The van der Waals surface area contributed by atoms with Gasteiger partial charge in [-0.1, -0.05) is 101 Å². The van der Waals surface area contributed by atoms with Gasteiger partial charge < -0.3 is 19.0 Å². The van der Waals surface area contributed by atoms with E-state index in [-0.39, 0.29) is 34.0 Å². The molecule has 0 heterocycles. The second-order valence-corrected chi connectivity index (χ2v) is 8.72. The zero-order chi connectivity index (χ0) is 25.0. The minimum Gasteiger partial charge on any atom is -0.484 e. The van der Waals surface area contributed by atoms with E-state index >= 15 is 4.39 Å².